The summed E-state index contributed by atoms with van der Waals surface area (Å²) in [7, 11) is 0. The lowest BCUT2D eigenvalue weighted by molar-refractivity contribution is -0.115. The second kappa shape index (κ2) is 10.4. The number of nitrogens with one attached hydrogen (secondary N) is 2. The van der Waals surface area contributed by atoms with Crippen LogP contribution in [-0.2, 0) is 22.4 Å². The fourth-order valence-corrected chi connectivity index (χ4v) is 4.36. The summed E-state index contributed by atoms with van der Waals surface area (Å²) in [6, 6.07) is 23.0. The molecule has 1 amide bonds. The molecule has 1 aliphatic heterocycles. The molecule has 4 aromatic rings. The number of H-pyrrole nitrogens is 1. The van der Waals surface area contributed by atoms with Crippen molar-refractivity contribution in [1.82, 2.24) is 9.97 Å². The maximum Gasteiger partial charge on any atom is 0.338 e. The molecule has 3 aromatic carbocycles. The Morgan fingerprint density at radius 3 is 2.53 bits per heavy atom. The number of rotatable bonds is 8. The van der Waals surface area contributed by atoms with Crippen molar-refractivity contribution < 1.29 is 14.3 Å². The summed E-state index contributed by atoms with van der Waals surface area (Å²) >= 11 is 0. The van der Waals surface area contributed by atoms with Gasteiger partial charge in [-0.1, -0.05) is 48.5 Å². The van der Waals surface area contributed by atoms with E-state index in [2.05, 4.69) is 27.4 Å². The number of carbonyl (C=O) groups excluding carboxylic acids is 2. The number of carbonyl (C=O) groups is 2. The standard InChI is InChI=1S/C29H26N4O3/c1-2-36-29(35)21-11-15-24-25(16-21)33-28(34)26(24)27(20-6-4-3-5-7-20)32-22-12-8-19(9-13-22)10-14-23-17-30-18-31-23/h3-9,11-13,15-18,26H,2,10,14H2,1H3,(H,30,31)(H,33,34). The van der Waals surface area contributed by atoms with E-state index in [-0.39, 0.29) is 12.5 Å². The lowest BCUT2D eigenvalue weighted by Crippen LogP contribution is -2.21. The number of imidazole rings is 1. The number of anilines is 1. The van der Waals surface area contributed by atoms with Crippen molar-refractivity contribution in [3.63, 3.8) is 0 Å². The van der Waals surface area contributed by atoms with E-state index in [4.69, 9.17) is 9.73 Å². The summed E-state index contributed by atoms with van der Waals surface area (Å²) in [5.74, 6) is -1.19. The van der Waals surface area contributed by atoms with E-state index in [1.165, 1.54) is 5.56 Å². The van der Waals surface area contributed by atoms with E-state index in [1.807, 2.05) is 48.7 Å². The second-order valence-electron chi connectivity index (χ2n) is 8.55. The Morgan fingerprint density at radius 1 is 1.00 bits per heavy atom. The number of benzene rings is 3. The number of amides is 1. The zero-order valence-corrected chi connectivity index (χ0v) is 19.9. The largest absolute Gasteiger partial charge is 0.462 e. The molecule has 5 rings (SSSR count). The monoisotopic (exact) mass is 478 g/mol. The van der Waals surface area contributed by atoms with Gasteiger partial charge in [0.05, 0.1) is 29.9 Å². The molecule has 0 saturated carbocycles. The van der Waals surface area contributed by atoms with Gasteiger partial charge in [0.25, 0.3) is 0 Å². The van der Waals surface area contributed by atoms with Crippen LogP contribution in [0.5, 0.6) is 0 Å². The quantitative estimate of drug-likeness (QED) is 0.268. The highest BCUT2D eigenvalue weighted by Crippen LogP contribution is 2.37. The van der Waals surface area contributed by atoms with Gasteiger partial charge in [-0.2, -0.15) is 0 Å². The maximum absolute atomic E-state index is 13.2. The second-order valence-corrected chi connectivity index (χ2v) is 8.55. The third-order valence-electron chi connectivity index (χ3n) is 6.16. The number of ether oxygens (including phenoxy) is 1. The van der Waals surface area contributed by atoms with Crippen molar-refractivity contribution in [1.29, 1.82) is 0 Å². The third-order valence-corrected chi connectivity index (χ3v) is 6.16. The topological polar surface area (TPSA) is 96.4 Å². The number of nitrogens with zero attached hydrogens (tertiary/aromatic N) is 2. The van der Waals surface area contributed by atoms with Gasteiger partial charge in [0.1, 0.15) is 5.92 Å². The van der Waals surface area contributed by atoms with Crippen molar-refractivity contribution in [2.75, 3.05) is 11.9 Å². The molecule has 1 unspecified atom stereocenters. The molecular formula is C29H26N4O3. The van der Waals surface area contributed by atoms with E-state index in [1.54, 1.807) is 31.5 Å². The van der Waals surface area contributed by atoms with Crippen LogP contribution in [0.4, 0.5) is 11.4 Å². The highest BCUT2D eigenvalue weighted by Gasteiger charge is 2.36. The van der Waals surface area contributed by atoms with E-state index in [9.17, 15) is 9.59 Å². The van der Waals surface area contributed by atoms with Crippen molar-refractivity contribution in [2.45, 2.75) is 25.7 Å². The first-order chi connectivity index (χ1) is 17.6. The maximum atomic E-state index is 13.2. The van der Waals surface area contributed by atoms with Crippen LogP contribution in [0.25, 0.3) is 0 Å². The number of hydrogen-bond acceptors (Lipinski definition) is 5. The van der Waals surface area contributed by atoms with Crippen LogP contribution in [-0.4, -0.2) is 34.2 Å². The molecule has 2 N–H and O–H groups in total. The van der Waals surface area contributed by atoms with Gasteiger partial charge in [-0.25, -0.2) is 9.78 Å². The minimum atomic E-state index is -0.598. The normalized spacial score (nSPS) is 14.9. The smallest absolute Gasteiger partial charge is 0.338 e. The number of aryl methyl sites for hydroxylation is 2. The van der Waals surface area contributed by atoms with Crippen LogP contribution in [0.2, 0.25) is 0 Å². The zero-order chi connectivity index (χ0) is 24.9. The van der Waals surface area contributed by atoms with Crippen LogP contribution in [0.1, 0.15) is 45.6 Å². The molecule has 1 atom stereocenters. The summed E-state index contributed by atoms with van der Waals surface area (Å²) in [6.07, 6.45) is 5.29. The molecule has 2 heterocycles. The van der Waals surface area contributed by atoms with Gasteiger partial charge in [0.15, 0.2) is 0 Å². The van der Waals surface area contributed by atoms with Gasteiger partial charge in [-0.3, -0.25) is 9.79 Å². The van der Waals surface area contributed by atoms with E-state index < -0.39 is 11.9 Å². The van der Waals surface area contributed by atoms with Crippen LogP contribution in [0.15, 0.2) is 90.3 Å². The number of fused-ring (bicyclic) bond motifs is 1. The van der Waals surface area contributed by atoms with Crippen LogP contribution in [0.3, 0.4) is 0 Å². The molecule has 7 nitrogen and oxygen atoms in total. The molecule has 0 fully saturated rings. The number of esters is 1. The Kier molecular flexibility index (Phi) is 6.71. The average molecular weight is 479 g/mol. The summed E-state index contributed by atoms with van der Waals surface area (Å²) in [5, 5.41) is 2.92. The molecule has 36 heavy (non-hydrogen) atoms. The van der Waals surface area contributed by atoms with Crippen LogP contribution >= 0.6 is 0 Å². The van der Waals surface area contributed by atoms with Crippen molar-refractivity contribution >= 4 is 29.0 Å². The minimum Gasteiger partial charge on any atom is -0.462 e. The molecule has 0 spiro atoms. The first-order valence-corrected chi connectivity index (χ1v) is 11.9. The van der Waals surface area contributed by atoms with Gasteiger partial charge >= 0.3 is 5.97 Å². The summed E-state index contributed by atoms with van der Waals surface area (Å²) in [5.41, 5.74) is 6.37. The Hall–Kier alpha value is -4.52. The Morgan fingerprint density at radius 2 is 1.81 bits per heavy atom. The van der Waals surface area contributed by atoms with Crippen molar-refractivity contribution in [3.8, 4) is 0 Å². The number of aliphatic imine (C=N–C) groups is 1. The Bertz CT molecular complexity index is 1390. The SMILES string of the molecule is CCOC(=O)c1ccc2c(c1)NC(=O)C2C(=Nc1ccc(CCc2cnc[nH]2)cc1)c1ccccc1. The number of aromatic amines is 1. The van der Waals surface area contributed by atoms with Crippen LogP contribution < -0.4 is 5.32 Å². The van der Waals surface area contributed by atoms with Gasteiger partial charge in [-0.05, 0) is 60.7 Å². The van der Waals surface area contributed by atoms with Gasteiger partial charge in [0, 0.05) is 17.6 Å². The van der Waals surface area contributed by atoms with Crippen molar-refractivity contribution in [3.05, 3.63) is 113 Å². The summed E-state index contributed by atoms with van der Waals surface area (Å²) < 4.78 is 5.10. The molecule has 1 aliphatic rings. The molecule has 0 radical (unpaired) electrons. The predicted molar refractivity (Wildman–Crippen MR) is 139 cm³/mol. The molecule has 0 bridgehead atoms. The first-order valence-electron chi connectivity index (χ1n) is 11.9. The molecule has 0 aliphatic carbocycles. The summed E-state index contributed by atoms with van der Waals surface area (Å²) in [4.78, 5) is 37.5. The Balaban J connectivity index is 1.46. The highest BCUT2D eigenvalue weighted by atomic mass is 16.5. The minimum absolute atomic E-state index is 0.176. The molecule has 7 heteroatoms. The first kappa shape index (κ1) is 23.2. The van der Waals surface area contributed by atoms with E-state index >= 15 is 0 Å². The lowest BCUT2D eigenvalue weighted by Gasteiger charge is -2.14. The molecular weight excluding hydrogens is 452 g/mol. The molecule has 1 aromatic heterocycles. The fraction of sp³-hybridized carbons (Fsp3) is 0.172. The number of hydrogen-bond donors (Lipinski definition) is 2. The fourth-order valence-electron chi connectivity index (χ4n) is 4.36. The van der Waals surface area contributed by atoms with E-state index in [0.717, 1.165) is 35.3 Å². The number of aromatic nitrogens is 2. The third kappa shape index (κ3) is 4.95. The lowest BCUT2D eigenvalue weighted by atomic mass is 9.90. The zero-order valence-electron chi connectivity index (χ0n) is 19.9. The predicted octanol–water partition coefficient (Wildman–Crippen LogP) is 5.23. The van der Waals surface area contributed by atoms with Gasteiger partial charge in [0.2, 0.25) is 5.91 Å². The van der Waals surface area contributed by atoms with Gasteiger partial charge in [-0.15, -0.1) is 0 Å². The summed E-state index contributed by atoms with van der Waals surface area (Å²) in [6.45, 7) is 2.05. The molecule has 180 valence electrons. The Labute approximate surface area is 209 Å². The van der Waals surface area contributed by atoms with Gasteiger partial charge < -0.3 is 15.0 Å². The van der Waals surface area contributed by atoms with E-state index in [0.29, 0.717) is 17.0 Å². The average Bonchev–Trinajstić information content (AvgIpc) is 3.54. The van der Waals surface area contributed by atoms with Crippen LogP contribution in [0, 0.1) is 0 Å². The molecule has 0 saturated heterocycles. The van der Waals surface area contributed by atoms with Crippen molar-refractivity contribution in [2.24, 2.45) is 4.99 Å². The highest BCUT2D eigenvalue weighted by molar-refractivity contribution is 6.24.